The first-order valence-corrected chi connectivity index (χ1v) is 8.16. The quantitative estimate of drug-likeness (QED) is 0.735. The monoisotopic (exact) mass is 331 g/mol. The van der Waals surface area contributed by atoms with Crippen LogP contribution in [0.4, 0.5) is 0 Å². The molecule has 2 heterocycles. The van der Waals surface area contributed by atoms with Gasteiger partial charge < -0.3 is 8.83 Å². The zero-order chi connectivity index (χ0) is 16.4. The van der Waals surface area contributed by atoms with Gasteiger partial charge in [0.2, 0.25) is 5.16 Å². The molecular weight excluding hydrogens is 314 g/mol. The molecule has 0 aliphatic heterocycles. The van der Waals surface area contributed by atoms with Crippen LogP contribution in [-0.2, 0) is 11.2 Å². The molecule has 1 aromatic carbocycles. The number of thioether (sulfide) groups is 1. The fourth-order valence-electron chi connectivity index (χ4n) is 1.99. The summed E-state index contributed by atoms with van der Waals surface area (Å²) in [6, 6.07) is 9.39. The second kappa shape index (κ2) is 6.08. The van der Waals surface area contributed by atoms with Crippen molar-refractivity contribution in [2.45, 2.75) is 37.1 Å². The first kappa shape index (κ1) is 15.6. The van der Waals surface area contributed by atoms with Crippen LogP contribution in [0.3, 0.4) is 0 Å². The van der Waals surface area contributed by atoms with Gasteiger partial charge in [0.15, 0.2) is 11.5 Å². The van der Waals surface area contributed by atoms with Gasteiger partial charge in [0, 0.05) is 11.0 Å². The summed E-state index contributed by atoms with van der Waals surface area (Å²) in [4.78, 5) is 15.9. The highest BCUT2D eigenvalue weighted by atomic mass is 32.2. The normalized spacial score (nSPS) is 11.8. The van der Waals surface area contributed by atoms with Crippen molar-refractivity contribution in [3.05, 3.63) is 52.5 Å². The van der Waals surface area contributed by atoms with E-state index >= 15 is 0 Å². The largest absolute Gasteiger partial charge is 0.519 e. The Morgan fingerprint density at radius 1 is 1.17 bits per heavy atom. The van der Waals surface area contributed by atoms with Crippen LogP contribution in [0.1, 0.15) is 32.4 Å². The minimum Gasteiger partial charge on any atom is -0.394 e. The Morgan fingerprint density at radius 3 is 2.57 bits per heavy atom. The van der Waals surface area contributed by atoms with E-state index in [1.165, 1.54) is 11.8 Å². The van der Waals surface area contributed by atoms with E-state index in [9.17, 15) is 4.79 Å². The van der Waals surface area contributed by atoms with Crippen molar-refractivity contribution in [2.24, 2.45) is 0 Å². The molecule has 0 spiro atoms. The standard InChI is InChI=1S/C16H17N3O3S/c1-16(2,3)13-17-14(19-18-13)23-9-11-12(22-15(20)21-11)10-7-5-4-6-8-10/h4-8H,9H2,1-3H3,(H,17,18,19). The number of H-pyrrole nitrogens is 1. The van der Waals surface area contributed by atoms with E-state index in [2.05, 4.69) is 36.0 Å². The van der Waals surface area contributed by atoms with Gasteiger partial charge in [-0.05, 0) is 0 Å². The van der Waals surface area contributed by atoms with Crippen molar-refractivity contribution in [1.82, 2.24) is 15.2 Å². The van der Waals surface area contributed by atoms with Crippen molar-refractivity contribution in [2.75, 3.05) is 0 Å². The lowest BCUT2D eigenvalue weighted by atomic mass is 9.96. The van der Waals surface area contributed by atoms with E-state index in [0.717, 1.165) is 11.4 Å². The van der Waals surface area contributed by atoms with Crippen LogP contribution in [0.15, 0.2) is 49.1 Å². The maximum Gasteiger partial charge on any atom is 0.519 e. The molecule has 6 nitrogen and oxygen atoms in total. The molecule has 0 aliphatic carbocycles. The SMILES string of the molecule is CC(C)(C)c1nc(SCc2oc(=O)oc2-c2ccccc2)n[nH]1. The van der Waals surface area contributed by atoms with E-state index in [1.54, 1.807) is 0 Å². The number of hydrogen-bond donors (Lipinski definition) is 1. The minimum absolute atomic E-state index is 0.0940. The zero-order valence-electron chi connectivity index (χ0n) is 13.1. The lowest BCUT2D eigenvalue weighted by Gasteiger charge is -2.12. The number of benzene rings is 1. The zero-order valence-corrected chi connectivity index (χ0v) is 13.9. The van der Waals surface area contributed by atoms with Gasteiger partial charge in [-0.1, -0.05) is 62.9 Å². The van der Waals surface area contributed by atoms with Crippen LogP contribution >= 0.6 is 11.8 Å². The Morgan fingerprint density at radius 2 is 1.91 bits per heavy atom. The summed E-state index contributed by atoms with van der Waals surface area (Å²) >= 11 is 1.39. The third-order valence-electron chi connectivity index (χ3n) is 3.19. The summed E-state index contributed by atoms with van der Waals surface area (Å²) in [7, 11) is 0. The van der Waals surface area contributed by atoms with Gasteiger partial charge in [-0.2, -0.15) is 0 Å². The summed E-state index contributed by atoms with van der Waals surface area (Å²) in [5, 5.41) is 7.73. The van der Waals surface area contributed by atoms with Gasteiger partial charge in [-0.25, -0.2) is 9.78 Å². The number of nitrogens with zero attached hydrogens (tertiary/aromatic N) is 2. The predicted octanol–water partition coefficient (Wildman–Crippen LogP) is 3.61. The van der Waals surface area contributed by atoms with Gasteiger partial charge in [0.1, 0.15) is 5.82 Å². The molecule has 3 rings (SSSR count). The number of aromatic amines is 1. The summed E-state index contributed by atoms with van der Waals surface area (Å²) in [5.74, 6) is 1.46. The molecule has 0 unspecified atom stereocenters. The first-order valence-electron chi connectivity index (χ1n) is 7.17. The Bertz CT molecular complexity index is 843. The van der Waals surface area contributed by atoms with Gasteiger partial charge in [-0.15, -0.1) is 5.10 Å². The van der Waals surface area contributed by atoms with Crippen molar-refractivity contribution in [3.8, 4) is 11.3 Å². The molecule has 3 aromatic rings. The van der Waals surface area contributed by atoms with Crippen LogP contribution in [0.25, 0.3) is 11.3 Å². The summed E-state index contributed by atoms with van der Waals surface area (Å²) in [6.07, 6.45) is 0. The highest BCUT2D eigenvalue weighted by Gasteiger charge is 2.20. The number of rotatable bonds is 4. The smallest absolute Gasteiger partial charge is 0.394 e. The van der Waals surface area contributed by atoms with Crippen LogP contribution in [0.5, 0.6) is 0 Å². The lowest BCUT2D eigenvalue weighted by Crippen LogP contribution is -2.13. The number of nitrogens with one attached hydrogen (secondary N) is 1. The molecule has 0 bridgehead atoms. The average molecular weight is 331 g/mol. The molecule has 7 heteroatoms. The highest BCUT2D eigenvalue weighted by Crippen LogP contribution is 2.29. The molecule has 120 valence electrons. The topological polar surface area (TPSA) is 84.9 Å². The Kier molecular flexibility index (Phi) is 4.12. The van der Waals surface area contributed by atoms with Crippen LogP contribution < -0.4 is 5.82 Å². The van der Waals surface area contributed by atoms with Crippen molar-refractivity contribution in [1.29, 1.82) is 0 Å². The first-order chi connectivity index (χ1) is 10.9. The highest BCUT2D eigenvalue weighted by molar-refractivity contribution is 7.98. The maximum absolute atomic E-state index is 11.5. The number of aromatic nitrogens is 3. The molecule has 0 fully saturated rings. The fourth-order valence-corrected chi connectivity index (χ4v) is 2.71. The molecule has 0 atom stereocenters. The molecule has 0 aliphatic rings. The van der Waals surface area contributed by atoms with Crippen LogP contribution in [0, 0.1) is 0 Å². The van der Waals surface area contributed by atoms with E-state index < -0.39 is 5.82 Å². The Hall–Kier alpha value is -2.28. The van der Waals surface area contributed by atoms with E-state index in [4.69, 9.17) is 8.83 Å². The molecule has 0 amide bonds. The van der Waals surface area contributed by atoms with Crippen LogP contribution in [0.2, 0.25) is 0 Å². The summed E-state index contributed by atoms with van der Waals surface area (Å²) < 4.78 is 10.3. The second-order valence-electron chi connectivity index (χ2n) is 6.08. The molecule has 1 N–H and O–H groups in total. The minimum atomic E-state index is -0.704. The van der Waals surface area contributed by atoms with Crippen molar-refractivity contribution < 1.29 is 8.83 Å². The predicted molar refractivity (Wildman–Crippen MR) is 87.3 cm³/mol. The third kappa shape index (κ3) is 3.56. The van der Waals surface area contributed by atoms with E-state index in [-0.39, 0.29) is 5.41 Å². The van der Waals surface area contributed by atoms with Gasteiger partial charge in [0.25, 0.3) is 0 Å². The van der Waals surface area contributed by atoms with E-state index in [1.807, 2.05) is 30.3 Å². The lowest BCUT2D eigenvalue weighted by molar-refractivity contribution is 0.380. The maximum atomic E-state index is 11.5. The fraction of sp³-hybridized carbons (Fsp3) is 0.312. The van der Waals surface area contributed by atoms with Crippen LogP contribution in [-0.4, -0.2) is 15.2 Å². The number of hydrogen-bond acceptors (Lipinski definition) is 6. The molecule has 23 heavy (non-hydrogen) atoms. The third-order valence-corrected chi connectivity index (χ3v) is 4.04. The molecular formula is C16H17N3O3S. The average Bonchev–Trinajstić information content (AvgIpc) is 3.12. The van der Waals surface area contributed by atoms with Crippen molar-refractivity contribution in [3.63, 3.8) is 0 Å². The van der Waals surface area contributed by atoms with Gasteiger partial charge in [0.05, 0.1) is 5.75 Å². The molecule has 0 saturated carbocycles. The molecule has 2 aromatic heterocycles. The second-order valence-corrected chi connectivity index (χ2v) is 7.02. The summed E-state index contributed by atoms with van der Waals surface area (Å²) in [5.41, 5.74) is 0.711. The van der Waals surface area contributed by atoms with Gasteiger partial charge >= 0.3 is 5.82 Å². The van der Waals surface area contributed by atoms with Crippen molar-refractivity contribution >= 4 is 11.8 Å². The Labute approximate surface area is 137 Å². The molecule has 0 saturated heterocycles. The van der Waals surface area contributed by atoms with Gasteiger partial charge in [-0.3, -0.25) is 5.10 Å². The van der Waals surface area contributed by atoms with E-state index in [0.29, 0.717) is 22.4 Å². The summed E-state index contributed by atoms with van der Waals surface area (Å²) in [6.45, 7) is 6.18. The molecule has 0 radical (unpaired) electrons. The Balaban J connectivity index is 1.79.